The van der Waals surface area contributed by atoms with Gasteiger partial charge < -0.3 is 14.9 Å². The molecule has 7 heteroatoms. The highest BCUT2D eigenvalue weighted by Crippen LogP contribution is 2.47. The number of hydrogen-bond acceptors (Lipinski definition) is 3. The lowest BCUT2D eigenvalue weighted by molar-refractivity contribution is -0.136. The number of rotatable bonds is 7. The molecule has 0 aliphatic carbocycles. The van der Waals surface area contributed by atoms with Crippen LogP contribution in [0.1, 0.15) is 5.56 Å². The molecule has 1 aromatic rings. The lowest BCUT2D eigenvalue weighted by Crippen LogP contribution is -2.29. The van der Waals surface area contributed by atoms with Gasteiger partial charge in [-0.15, -0.1) is 0 Å². The van der Waals surface area contributed by atoms with E-state index in [2.05, 4.69) is 0 Å². The predicted molar refractivity (Wildman–Crippen MR) is 70.1 cm³/mol. The fourth-order valence-electron chi connectivity index (χ4n) is 1.69. The van der Waals surface area contributed by atoms with Gasteiger partial charge in [-0.05, 0) is 12.0 Å². The van der Waals surface area contributed by atoms with E-state index in [0.29, 0.717) is 12.0 Å². The summed E-state index contributed by atoms with van der Waals surface area (Å²) in [6, 6.07) is 8.62. The summed E-state index contributed by atoms with van der Waals surface area (Å²) in [5, 5.41) is 9.12. The van der Waals surface area contributed by atoms with Crippen molar-refractivity contribution in [3.63, 3.8) is 0 Å². The van der Waals surface area contributed by atoms with Crippen LogP contribution in [0.4, 0.5) is 0 Å². The van der Waals surface area contributed by atoms with Crippen LogP contribution in [0.15, 0.2) is 30.3 Å². The zero-order chi connectivity index (χ0) is 14.5. The fraction of sp³-hybridized carbons (Fsp3) is 0.333. The van der Waals surface area contributed by atoms with Gasteiger partial charge >= 0.3 is 5.97 Å². The molecule has 104 valence electrons. The molecule has 0 aromatic heterocycles. The highest BCUT2D eigenvalue weighted by atomic mass is 31.2. The number of hydrogen-bond donors (Lipinski definition) is 2. The molecular formula is C12H16NO5P. The van der Waals surface area contributed by atoms with E-state index in [1.54, 1.807) is 30.3 Å². The highest BCUT2D eigenvalue weighted by Gasteiger charge is 2.37. The molecule has 0 saturated carbocycles. The van der Waals surface area contributed by atoms with Crippen LogP contribution in [0, 0.1) is 0 Å². The first-order valence-corrected chi connectivity index (χ1v) is 7.52. The second kappa shape index (κ2) is 6.50. The van der Waals surface area contributed by atoms with Crippen LogP contribution in [0.3, 0.4) is 0 Å². The van der Waals surface area contributed by atoms with E-state index >= 15 is 0 Å². The Morgan fingerprint density at radius 3 is 2.47 bits per heavy atom. The van der Waals surface area contributed by atoms with E-state index in [4.69, 9.17) is 5.11 Å². The average Bonchev–Trinajstić information content (AvgIpc) is 2.36. The molecule has 1 aromatic carbocycles. The first-order valence-electron chi connectivity index (χ1n) is 5.60. The molecule has 0 saturated heterocycles. The molecule has 0 spiro atoms. The third-order valence-corrected chi connectivity index (χ3v) is 4.88. The Hall–Kier alpha value is -1.65. The van der Waals surface area contributed by atoms with Crippen molar-refractivity contribution in [2.45, 2.75) is 12.1 Å². The third kappa shape index (κ3) is 4.50. The van der Waals surface area contributed by atoms with Gasteiger partial charge in [0.05, 0.1) is 6.29 Å². The summed E-state index contributed by atoms with van der Waals surface area (Å²) in [6.07, 6.45) is -0.124. The van der Waals surface area contributed by atoms with Crippen LogP contribution in [0.25, 0.3) is 0 Å². The maximum absolute atomic E-state index is 12.1. The van der Waals surface area contributed by atoms with Gasteiger partial charge in [-0.25, -0.2) is 0 Å². The lowest BCUT2D eigenvalue weighted by atomic mass is 10.1. The molecule has 2 atom stereocenters. The van der Waals surface area contributed by atoms with Gasteiger partial charge in [-0.1, -0.05) is 30.3 Å². The van der Waals surface area contributed by atoms with Crippen LogP contribution in [-0.2, 0) is 20.6 Å². The smallest absolute Gasteiger partial charge is 0.316 e. The minimum Gasteiger partial charge on any atom is -0.481 e. The van der Waals surface area contributed by atoms with Crippen molar-refractivity contribution in [2.24, 2.45) is 0 Å². The Bertz CT molecular complexity index is 490. The molecule has 6 nitrogen and oxygen atoms in total. The number of benzene rings is 1. The Labute approximate surface area is 111 Å². The summed E-state index contributed by atoms with van der Waals surface area (Å²) >= 11 is 0. The number of amides is 1. The Morgan fingerprint density at radius 1 is 1.42 bits per heavy atom. The molecule has 0 fully saturated rings. The Kier molecular flexibility index (Phi) is 5.27. The largest absolute Gasteiger partial charge is 0.481 e. The Morgan fingerprint density at radius 2 is 2.00 bits per heavy atom. The van der Waals surface area contributed by atoms with Crippen molar-refractivity contribution in [3.05, 3.63) is 35.9 Å². The standard InChI is InChI=1S/C12H16NO5P/c1-13(8-14)9-19(17,18)11(12(15)16)7-10-5-3-2-4-6-10/h2-6,8,11H,7,9H2,1H3,(H,15,16)(H,17,18)/t11-/m0/s1. The number of aliphatic carboxylic acids is 1. The topological polar surface area (TPSA) is 94.9 Å². The monoisotopic (exact) mass is 285 g/mol. The van der Waals surface area contributed by atoms with E-state index < -0.39 is 25.3 Å². The van der Waals surface area contributed by atoms with Crippen molar-refractivity contribution in [1.82, 2.24) is 4.90 Å². The summed E-state index contributed by atoms with van der Waals surface area (Å²) in [7, 11) is -2.67. The number of carboxylic acid groups (broad SMARTS) is 1. The number of carbonyl (C=O) groups is 2. The van der Waals surface area contributed by atoms with Gasteiger partial charge in [0.15, 0.2) is 0 Å². The molecule has 1 amide bonds. The van der Waals surface area contributed by atoms with E-state index in [1.807, 2.05) is 0 Å². The lowest BCUT2D eigenvalue weighted by Gasteiger charge is -2.22. The van der Waals surface area contributed by atoms with E-state index in [9.17, 15) is 19.0 Å². The van der Waals surface area contributed by atoms with Crippen LogP contribution in [0.2, 0.25) is 0 Å². The predicted octanol–water partition coefficient (Wildman–Crippen LogP) is 0.998. The minimum absolute atomic E-state index is 0.0450. The Balaban J connectivity index is 2.91. The molecule has 19 heavy (non-hydrogen) atoms. The second-order valence-electron chi connectivity index (χ2n) is 4.30. The second-order valence-corrected chi connectivity index (χ2v) is 6.72. The fourth-order valence-corrected chi connectivity index (χ4v) is 3.44. The summed E-state index contributed by atoms with van der Waals surface area (Å²) in [5.41, 5.74) is -0.754. The zero-order valence-corrected chi connectivity index (χ0v) is 11.4. The van der Waals surface area contributed by atoms with Crippen molar-refractivity contribution in [1.29, 1.82) is 0 Å². The first-order chi connectivity index (χ1) is 8.86. The van der Waals surface area contributed by atoms with Crippen LogP contribution in [0.5, 0.6) is 0 Å². The van der Waals surface area contributed by atoms with Gasteiger partial charge in [-0.2, -0.15) is 0 Å². The zero-order valence-electron chi connectivity index (χ0n) is 10.5. The first kappa shape index (κ1) is 15.4. The summed E-state index contributed by atoms with van der Waals surface area (Å²) in [5.74, 6) is -1.34. The average molecular weight is 285 g/mol. The van der Waals surface area contributed by atoms with Gasteiger partial charge in [0.1, 0.15) is 5.66 Å². The number of carbonyl (C=O) groups excluding carboxylic acids is 1. The quantitative estimate of drug-likeness (QED) is 0.575. The maximum atomic E-state index is 12.1. The van der Waals surface area contributed by atoms with Crippen LogP contribution >= 0.6 is 7.37 Å². The number of nitrogens with zero attached hydrogens (tertiary/aromatic N) is 1. The maximum Gasteiger partial charge on any atom is 0.316 e. The minimum atomic E-state index is -4.00. The molecule has 0 heterocycles. The summed E-state index contributed by atoms with van der Waals surface area (Å²) in [6.45, 7) is 0. The van der Waals surface area contributed by atoms with Crippen LogP contribution < -0.4 is 0 Å². The molecule has 1 rings (SSSR count). The highest BCUT2D eigenvalue weighted by molar-refractivity contribution is 7.59. The molecule has 2 N–H and O–H groups in total. The molecule has 0 radical (unpaired) electrons. The third-order valence-electron chi connectivity index (χ3n) is 2.65. The van der Waals surface area contributed by atoms with Crippen molar-refractivity contribution < 1.29 is 24.2 Å². The van der Waals surface area contributed by atoms with Gasteiger partial charge in [0.2, 0.25) is 13.8 Å². The molecule has 0 bridgehead atoms. The number of carboxylic acids is 1. The van der Waals surface area contributed by atoms with Crippen molar-refractivity contribution in [2.75, 3.05) is 13.3 Å². The van der Waals surface area contributed by atoms with E-state index in [-0.39, 0.29) is 6.42 Å². The van der Waals surface area contributed by atoms with Crippen molar-refractivity contribution >= 4 is 19.7 Å². The molecular weight excluding hydrogens is 269 g/mol. The van der Waals surface area contributed by atoms with E-state index in [1.165, 1.54) is 7.05 Å². The summed E-state index contributed by atoms with van der Waals surface area (Å²) < 4.78 is 12.1. The molecule has 1 unspecified atom stereocenters. The van der Waals surface area contributed by atoms with Crippen molar-refractivity contribution in [3.8, 4) is 0 Å². The van der Waals surface area contributed by atoms with Gasteiger partial charge in [0, 0.05) is 7.05 Å². The molecule has 0 aliphatic heterocycles. The SMILES string of the molecule is CN(C=O)CP(=O)(O)[C@@H](Cc1ccccc1)C(=O)O. The van der Waals surface area contributed by atoms with Crippen LogP contribution in [-0.4, -0.2) is 46.3 Å². The van der Waals surface area contributed by atoms with E-state index in [0.717, 1.165) is 4.90 Å². The molecule has 0 aliphatic rings. The normalized spacial score (nSPS) is 15.3. The summed E-state index contributed by atoms with van der Waals surface area (Å²) in [4.78, 5) is 32.5. The van der Waals surface area contributed by atoms with Gasteiger partial charge in [-0.3, -0.25) is 14.2 Å². The van der Waals surface area contributed by atoms with Gasteiger partial charge in [0.25, 0.3) is 0 Å².